The maximum Gasteiger partial charge on any atom is 0.0648 e. The van der Waals surface area contributed by atoms with E-state index in [0.717, 1.165) is 11.4 Å². The molecule has 0 amide bonds. The van der Waals surface area contributed by atoms with Gasteiger partial charge >= 0.3 is 0 Å². The molecule has 2 heteroatoms. The normalized spacial score (nSPS) is 8.31. The molecule has 0 spiro atoms. The summed E-state index contributed by atoms with van der Waals surface area (Å²) in [7, 11) is 0. The van der Waals surface area contributed by atoms with E-state index in [4.69, 9.17) is 0 Å². The van der Waals surface area contributed by atoms with Crippen LogP contribution in [0.4, 0.5) is 0 Å². The van der Waals surface area contributed by atoms with Gasteiger partial charge < -0.3 is 0 Å². The van der Waals surface area contributed by atoms with Crippen molar-refractivity contribution in [3.63, 3.8) is 0 Å². The van der Waals surface area contributed by atoms with Gasteiger partial charge in [0.25, 0.3) is 0 Å². The van der Waals surface area contributed by atoms with E-state index in [1.54, 1.807) is 0 Å². The lowest BCUT2D eigenvalue weighted by Crippen LogP contribution is -1.97. The molecule has 0 aliphatic rings. The lowest BCUT2D eigenvalue weighted by molar-refractivity contribution is 0.847. The van der Waals surface area contributed by atoms with Gasteiger partial charge in [-0.1, -0.05) is 45.9 Å². The Hall–Kier alpha value is -1.57. The monoisotopic (exact) mass is 218 g/mol. The minimum atomic E-state index is 1.11. The van der Waals surface area contributed by atoms with Crippen molar-refractivity contribution in [1.29, 1.82) is 0 Å². The van der Waals surface area contributed by atoms with E-state index in [1.807, 2.05) is 81.9 Å². The van der Waals surface area contributed by atoms with Gasteiger partial charge in [-0.05, 0) is 25.1 Å². The van der Waals surface area contributed by atoms with Crippen LogP contribution in [0.25, 0.3) is 5.69 Å². The van der Waals surface area contributed by atoms with Gasteiger partial charge in [0.05, 0.1) is 5.69 Å². The first-order valence-corrected chi connectivity index (χ1v) is 5.94. The zero-order valence-electron chi connectivity index (χ0n) is 10.9. The summed E-state index contributed by atoms with van der Waals surface area (Å²) in [6, 6.07) is 12.1. The maximum absolute atomic E-state index is 4.20. The van der Waals surface area contributed by atoms with Crippen LogP contribution in [-0.2, 0) is 0 Å². The summed E-state index contributed by atoms with van der Waals surface area (Å²) >= 11 is 0. The summed E-state index contributed by atoms with van der Waals surface area (Å²) in [5.74, 6) is 0. The van der Waals surface area contributed by atoms with Crippen LogP contribution in [0, 0.1) is 6.92 Å². The van der Waals surface area contributed by atoms with E-state index in [1.165, 1.54) is 0 Å². The highest BCUT2D eigenvalue weighted by molar-refractivity contribution is 5.31. The number of hydrogen-bond acceptors (Lipinski definition) is 1. The van der Waals surface area contributed by atoms with Crippen molar-refractivity contribution in [2.75, 3.05) is 0 Å². The predicted octanol–water partition coefficient (Wildman–Crippen LogP) is 4.23. The molecule has 0 atom stereocenters. The molecule has 1 heterocycles. The van der Waals surface area contributed by atoms with E-state index in [9.17, 15) is 0 Å². The first-order chi connectivity index (χ1) is 7.88. The molecular formula is C14H22N2. The van der Waals surface area contributed by atoms with Gasteiger partial charge in [-0.3, -0.25) is 0 Å². The topological polar surface area (TPSA) is 17.8 Å². The van der Waals surface area contributed by atoms with Crippen LogP contribution in [-0.4, -0.2) is 9.78 Å². The first-order valence-electron chi connectivity index (χ1n) is 5.94. The summed E-state index contributed by atoms with van der Waals surface area (Å²) in [5.41, 5.74) is 2.26. The fourth-order valence-electron chi connectivity index (χ4n) is 1.21. The molecule has 0 aliphatic carbocycles. The molecule has 0 N–H and O–H groups in total. The second-order valence-corrected chi connectivity index (χ2v) is 2.72. The van der Waals surface area contributed by atoms with Gasteiger partial charge in [0.1, 0.15) is 0 Å². The molecular weight excluding hydrogens is 196 g/mol. The van der Waals surface area contributed by atoms with Crippen LogP contribution in [0.5, 0.6) is 0 Å². The molecule has 0 saturated heterocycles. The molecule has 0 fully saturated rings. The van der Waals surface area contributed by atoms with E-state index in [-0.39, 0.29) is 0 Å². The number of nitrogens with zero attached hydrogens (tertiary/aromatic N) is 2. The minimum absolute atomic E-state index is 1.11. The zero-order valence-corrected chi connectivity index (χ0v) is 10.9. The minimum Gasteiger partial charge on any atom is -0.238 e. The fraction of sp³-hybridized carbons (Fsp3) is 0.357. The Labute approximate surface area is 98.9 Å². The van der Waals surface area contributed by atoms with Gasteiger partial charge in [-0.25, -0.2) is 4.68 Å². The van der Waals surface area contributed by atoms with Gasteiger partial charge in [-0.2, -0.15) is 5.10 Å². The number of hydrogen-bond donors (Lipinski definition) is 0. The zero-order chi connectivity index (χ0) is 12.4. The van der Waals surface area contributed by atoms with E-state index in [2.05, 4.69) is 5.10 Å². The van der Waals surface area contributed by atoms with E-state index < -0.39 is 0 Å². The lowest BCUT2D eigenvalue weighted by Gasteiger charge is -2.02. The highest BCUT2D eigenvalue weighted by atomic mass is 15.3. The second-order valence-electron chi connectivity index (χ2n) is 2.72. The Morgan fingerprint density at radius 2 is 1.44 bits per heavy atom. The standard InChI is InChI=1S/C10H10N2.2C2H6/c1-9-7-8-11-12(9)10-5-3-2-4-6-10;2*1-2/h2-8H,1H3;2*1-2H3. The van der Waals surface area contributed by atoms with Crippen LogP contribution < -0.4 is 0 Å². The highest BCUT2D eigenvalue weighted by Crippen LogP contribution is 2.07. The quantitative estimate of drug-likeness (QED) is 0.700. The fourth-order valence-corrected chi connectivity index (χ4v) is 1.21. The SMILES string of the molecule is CC.CC.Cc1ccnn1-c1ccccc1. The molecule has 0 radical (unpaired) electrons. The van der Waals surface area contributed by atoms with Crippen molar-refractivity contribution >= 4 is 0 Å². The Bertz CT molecular complexity index is 363. The van der Waals surface area contributed by atoms with Crippen molar-refractivity contribution in [3.8, 4) is 5.69 Å². The molecule has 0 saturated carbocycles. The maximum atomic E-state index is 4.20. The van der Waals surface area contributed by atoms with Crippen molar-refractivity contribution in [2.24, 2.45) is 0 Å². The molecule has 88 valence electrons. The number of rotatable bonds is 1. The number of benzene rings is 1. The summed E-state index contributed by atoms with van der Waals surface area (Å²) < 4.78 is 1.92. The van der Waals surface area contributed by atoms with Gasteiger partial charge in [0.15, 0.2) is 0 Å². The lowest BCUT2D eigenvalue weighted by atomic mass is 10.3. The average Bonchev–Trinajstić information content (AvgIpc) is 2.82. The summed E-state index contributed by atoms with van der Waals surface area (Å²) in [6.07, 6.45) is 1.81. The number of para-hydroxylation sites is 1. The number of aromatic nitrogens is 2. The molecule has 0 bridgehead atoms. The first kappa shape index (κ1) is 14.4. The Balaban J connectivity index is 0.000000509. The molecule has 0 unspecified atom stereocenters. The van der Waals surface area contributed by atoms with Crippen LogP contribution in [0.1, 0.15) is 33.4 Å². The van der Waals surface area contributed by atoms with Crippen molar-refractivity contribution in [2.45, 2.75) is 34.6 Å². The van der Waals surface area contributed by atoms with Gasteiger partial charge in [0.2, 0.25) is 0 Å². The molecule has 0 aliphatic heterocycles. The molecule has 1 aromatic heterocycles. The summed E-state index contributed by atoms with van der Waals surface area (Å²) in [5, 5.41) is 4.20. The largest absolute Gasteiger partial charge is 0.238 e. The highest BCUT2D eigenvalue weighted by Gasteiger charge is 1.97. The number of aryl methyl sites for hydroxylation is 1. The average molecular weight is 218 g/mol. The van der Waals surface area contributed by atoms with Crippen LogP contribution >= 0.6 is 0 Å². The Kier molecular flexibility index (Phi) is 7.86. The van der Waals surface area contributed by atoms with Crippen molar-refractivity contribution < 1.29 is 0 Å². The molecule has 2 nitrogen and oxygen atoms in total. The smallest absolute Gasteiger partial charge is 0.0648 e. The van der Waals surface area contributed by atoms with Crippen molar-refractivity contribution in [1.82, 2.24) is 9.78 Å². The molecule has 2 rings (SSSR count). The van der Waals surface area contributed by atoms with Crippen LogP contribution in [0.15, 0.2) is 42.6 Å². The van der Waals surface area contributed by atoms with Crippen molar-refractivity contribution in [3.05, 3.63) is 48.3 Å². The van der Waals surface area contributed by atoms with E-state index in [0.29, 0.717) is 0 Å². The third-order valence-electron chi connectivity index (χ3n) is 1.83. The Morgan fingerprint density at radius 1 is 0.875 bits per heavy atom. The molecule has 16 heavy (non-hydrogen) atoms. The van der Waals surface area contributed by atoms with Gasteiger partial charge in [-0.15, -0.1) is 0 Å². The summed E-state index contributed by atoms with van der Waals surface area (Å²) in [6.45, 7) is 10.0. The van der Waals surface area contributed by atoms with E-state index >= 15 is 0 Å². The molecule has 1 aromatic carbocycles. The molecule has 2 aromatic rings. The Morgan fingerprint density at radius 3 is 1.88 bits per heavy atom. The van der Waals surface area contributed by atoms with Gasteiger partial charge in [0, 0.05) is 11.9 Å². The van der Waals surface area contributed by atoms with Crippen LogP contribution in [0.3, 0.4) is 0 Å². The second kappa shape index (κ2) is 8.72. The third kappa shape index (κ3) is 3.89. The predicted molar refractivity (Wildman–Crippen MR) is 71.0 cm³/mol. The summed E-state index contributed by atoms with van der Waals surface area (Å²) in [4.78, 5) is 0. The van der Waals surface area contributed by atoms with Crippen LogP contribution in [0.2, 0.25) is 0 Å². The third-order valence-corrected chi connectivity index (χ3v) is 1.83.